The van der Waals surface area contributed by atoms with E-state index in [-0.39, 0.29) is 5.78 Å². The zero-order chi connectivity index (χ0) is 15.1. The van der Waals surface area contributed by atoms with Gasteiger partial charge in [0.25, 0.3) is 0 Å². The van der Waals surface area contributed by atoms with Gasteiger partial charge in [0, 0.05) is 10.5 Å². The lowest BCUT2D eigenvalue weighted by Gasteiger charge is -2.00. The van der Waals surface area contributed by atoms with Gasteiger partial charge >= 0.3 is 0 Å². The van der Waals surface area contributed by atoms with Crippen LogP contribution in [0, 0.1) is 11.3 Å². The Hall–Kier alpha value is -2.31. The molecule has 0 radical (unpaired) electrons. The smallest absolute Gasteiger partial charge is 0.185 e. The fourth-order valence-corrected chi connectivity index (χ4v) is 2.55. The van der Waals surface area contributed by atoms with Crippen LogP contribution in [0.4, 0.5) is 0 Å². The summed E-state index contributed by atoms with van der Waals surface area (Å²) in [6, 6.07) is 16.9. The number of benzene rings is 2. The van der Waals surface area contributed by atoms with Crippen molar-refractivity contribution in [2.24, 2.45) is 0 Å². The van der Waals surface area contributed by atoms with Crippen LogP contribution >= 0.6 is 11.8 Å². The highest BCUT2D eigenvalue weighted by molar-refractivity contribution is 7.99. The van der Waals surface area contributed by atoms with E-state index in [9.17, 15) is 4.79 Å². The standard InChI is InChI=1S/C18H15NOS/c1-2-21-17-10-7-15(8-11-17)18(20)12-9-14-5-3-4-6-16(14)13-19/h3-12H,2H2,1H3/b12-9+. The molecule has 21 heavy (non-hydrogen) atoms. The first kappa shape index (κ1) is 15.1. The zero-order valence-electron chi connectivity index (χ0n) is 11.7. The number of allylic oxidation sites excluding steroid dienone is 1. The van der Waals surface area contributed by atoms with Gasteiger partial charge in [0.15, 0.2) is 5.78 Å². The Balaban J connectivity index is 2.14. The second kappa shape index (κ2) is 7.47. The fraction of sp³-hybridized carbons (Fsp3) is 0.111. The molecule has 0 heterocycles. The van der Waals surface area contributed by atoms with Gasteiger partial charge in [0.1, 0.15) is 0 Å². The second-order valence-electron chi connectivity index (χ2n) is 4.35. The Labute approximate surface area is 129 Å². The molecule has 0 aliphatic rings. The predicted octanol–water partition coefficient (Wildman–Crippen LogP) is 4.57. The molecule has 2 nitrogen and oxygen atoms in total. The van der Waals surface area contributed by atoms with Crippen molar-refractivity contribution < 1.29 is 4.79 Å². The van der Waals surface area contributed by atoms with E-state index in [4.69, 9.17) is 5.26 Å². The first-order valence-electron chi connectivity index (χ1n) is 6.69. The van der Waals surface area contributed by atoms with Crippen molar-refractivity contribution in [1.29, 1.82) is 5.26 Å². The highest BCUT2D eigenvalue weighted by Crippen LogP contribution is 2.18. The summed E-state index contributed by atoms with van der Waals surface area (Å²) >= 11 is 1.75. The molecule has 2 aromatic rings. The molecule has 0 amide bonds. The van der Waals surface area contributed by atoms with Gasteiger partial charge in [0.05, 0.1) is 11.6 Å². The molecule has 0 unspecified atom stereocenters. The lowest BCUT2D eigenvalue weighted by atomic mass is 10.1. The maximum absolute atomic E-state index is 12.1. The lowest BCUT2D eigenvalue weighted by Crippen LogP contribution is -1.94. The summed E-state index contributed by atoms with van der Waals surface area (Å²) < 4.78 is 0. The molecule has 0 aromatic heterocycles. The molecule has 2 rings (SSSR count). The number of thioether (sulfide) groups is 1. The molecule has 0 saturated heterocycles. The average molecular weight is 293 g/mol. The van der Waals surface area contributed by atoms with E-state index in [1.807, 2.05) is 42.5 Å². The van der Waals surface area contributed by atoms with Crippen LogP contribution in [0.15, 0.2) is 59.5 Å². The molecule has 0 aliphatic heterocycles. The van der Waals surface area contributed by atoms with Gasteiger partial charge in [-0.2, -0.15) is 5.26 Å². The van der Waals surface area contributed by atoms with E-state index >= 15 is 0 Å². The zero-order valence-corrected chi connectivity index (χ0v) is 12.6. The highest BCUT2D eigenvalue weighted by atomic mass is 32.2. The summed E-state index contributed by atoms with van der Waals surface area (Å²) in [4.78, 5) is 13.3. The molecule has 104 valence electrons. The molecular weight excluding hydrogens is 278 g/mol. The average Bonchev–Trinajstić information content (AvgIpc) is 2.54. The first-order valence-corrected chi connectivity index (χ1v) is 7.67. The van der Waals surface area contributed by atoms with E-state index in [2.05, 4.69) is 13.0 Å². The topological polar surface area (TPSA) is 40.9 Å². The summed E-state index contributed by atoms with van der Waals surface area (Å²) in [6.45, 7) is 2.10. The summed E-state index contributed by atoms with van der Waals surface area (Å²) in [5.74, 6) is 0.953. The Morgan fingerprint density at radius 1 is 1.19 bits per heavy atom. The largest absolute Gasteiger partial charge is 0.289 e. The van der Waals surface area contributed by atoms with Crippen molar-refractivity contribution in [3.8, 4) is 6.07 Å². The number of ketones is 1. The summed E-state index contributed by atoms with van der Waals surface area (Å²) in [5.41, 5.74) is 1.98. The van der Waals surface area contributed by atoms with Crippen LogP contribution < -0.4 is 0 Å². The predicted molar refractivity (Wildman–Crippen MR) is 87.4 cm³/mol. The minimum atomic E-state index is -0.0595. The number of carbonyl (C=O) groups excluding carboxylic acids is 1. The monoisotopic (exact) mass is 293 g/mol. The first-order chi connectivity index (χ1) is 10.2. The molecule has 0 fully saturated rings. The summed E-state index contributed by atoms with van der Waals surface area (Å²) in [5, 5.41) is 9.01. The van der Waals surface area contributed by atoms with Crippen LogP contribution in [0.3, 0.4) is 0 Å². The van der Waals surface area contributed by atoms with Gasteiger partial charge < -0.3 is 0 Å². The molecule has 2 aromatic carbocycles. The molecule has 0 saturated carbocycles. The van der Waals surface area contributed by atoms with Crippen LogP contribution in [-0.2, 0) is 0 Å². The van der Waals surface area contributed by atoms with Crippen molar-refractivity contribution in [3.63, 3.8) is 0 Å². The lowest BCUT2D eigenvalue weighted by molar-refractivity contribution is 0.104. The van der Waals surface area contributed by atoms with E-state index in [1.54, 1.807) is 23.9 Å². The van der Waals surface area contributed by atoms with Gasteiger partial charge in [0.2, 0.25) is 0 Å². The third-order valence-electron chi connectivity index (χ3n) is 2.95. The Morgan fingerprint density at radius 2 is 1.90 bits per heavy atom. The van der Waals surface area contributed by atoms with Gasteiger partial charge in [-0.05, 0) is 53.8 Å². The SMILES string of the molecule is CCSc1ccc(C(=O)/C=C/c2ccccc2C#N)cc1. The third-order valence-corrected chi connectivity index (χ3v) is 3.84. The maximum atomic E-state index is 12.1. The number of carbonyl (C=O) groups is 1. The van der Waals surface area contributed by atoms with Crippen LogP contribution in [0.1, 0.15) is 28.4 Å². The molecule has 0 atom stereocenters. The number of rotatable bonds is 5. The molecule has 0 aliphatic carbocycles. The van der Waals surface area contributed by atoms with E-state index in [0.717, 1.165) is 16.2 Å². The Bertz CT molecular complexity index is 696. The van der Waals surface area contributed by atoms with E-state index in [0.29, 0.717) is 11.1 Å². The number of nitrogens with zero attached hydrogens (tertiary/aromatic N) is 1. The molecule has 0 spiro atoms. The van der Waals surface area contributed by atoms with Crippen LogP contribution in [0.25, 0.3) is 6.08 Å². The maximum Gasteiger partial charge on any atom is 0.185 e. The van der Waals surface area contributed by atoms with Gasteiger partial charge in [-0.15, -0.1) is 11.8 Å². The number of hydrogen-bond acceptors (Lipinski definition) is 3. The van der Waals surface area contributed by atoms with Gasteiger partial charge in [-0.1, -0.05) is 25.1 Å². The van der Waals surface area contributed by atoms with E-state index < -0.39 is 0 Å². The molecule has 0 N–H and O–H groups in total. The summed E-state index contributed by atoms with van der Waals surface area (Å²) in [6.07, 6.45) is 3.20. The minimum absolute atomic E-state index is 0.0595. The Kier molecular flexibility index (Phi) is 5.36. The van der Waals surface area contributed by atoms with Crippen molar-refractivity contribution in [2.45, 2.75) is 11.8 Å². The third kappa shape index (κ3) is 4.08. The normalized spacial score (nSPS) is 10.5. The molecule has 3 heteroatoms. The quantitative estimate of drug-likeness (QED) is 0.461. The van der Waals surface area contributed by atoms with Gasteiger partial charge in [-0.3, -0.25) is 4.79 Å². The highest BCUT2D eigenvalue weighted by Gasteiger charge is 2.03. The number of hydrogen-bond donors (Lipinski definition) is 0. The van der Waals surface area contributed by atoms with Crippen molar-refractivity contribution in [2.75, 3.05) is 5.75 Å². The van der Waals surface area contributed by atoms with Crippen LogP contribution in [0.2, 0.25) is 0 Å². The van der Waals surface area contributed by atoms with Gasteiger partial charge in [-0.25, -0.2) is 0 Å². The van der Waals surface area contributed by atoms with Crippen molar-refractivity contribution in [1.82, 2.24) is 0 Å². The fourth-order valence-electron chi connectivity index (χ4n) is 1.89. The number of nitriles is 1. The van der Waals surface area contributed by atoms with Crippen LogP contribution in [-0.4, -0.2) is 11.5 Å². The van der Waals surface area contributed by atoms with Crippen molar-refractivity contribution in [3.05, 3.63) is 71.3 Å². The minimum Gasteiger partial charge on any atom is -0.289 e. The summed E-state index contributed by atoms with van der Waals surface area (Å²) in [7, 11) is 0. The molecule has 0 bridgehead atoms. The van der Waals surface area contributed by atoms with E-state index in [1.165, 1.54) is 6.08 Å². The Morgan fingerprint density at radius 3 is 2.57 bits per heavy atom. The molecular formula is C18H15NOS. The van der Waals surface area contributed by atoms with Crippen molar-refractivity contribution >= 4 is 23.6 Å². The van der Waals surface area contributed by atoms with Crippen LogP contribution in [0.5, 0.6) is 0 Å². The second-order valence-corrected chi connectivity index (χ2v) is 5.69.